The van der Waals surface area contributed by atoms with E-state index in [2.05, 4.69) is 5.48 Å². The smallest absolute Gasteiger partial charge is 0.0812 e. The van der Waals surface area contributed by atoms with Crippen molar-refractivity contribution in [2.45, 2.75) is 39.7 Å². The van der Waals surface area contributed by atoms with Gasteiger partial charge in [0.05, 0.1) is 5.60 Å². The van der Waals surface area contributed by atoms with E-state index in [-0.39, 0.29) is 5.60 Å². The molecule has 0 bridgehead atoms. The van der Waals surface area contributed by atoms with Gasteiger partial charge in [-0.15, -0.1) is 0 Å². The molecule has 0 amide bonds. The van der Waals surface area contributed by atoms with E-state index in [0.717, 1.165) is 26.2 Å². The maximum Gasteiger partial charge on any atom is 0.0812 e. The molecule has 0 aliphatic rings. The van der Waals surface area contributed by atoms with Gasteiger partial charge in [0.1, 0.15) is 0 Å². The van der Waals surface area contributed by atoms with Gasteiger partial charge in [-0.25, -0.2) is 5.48 Å². The van der Waals surface area contributed by atoms with Crippen molar-refractivity contribution < 1.29 is 9.57 Å². The summed E-state index contributed by atoms with van der Waals surface area (Å²) in [5.41, 5.74) is 2.80. The minimum Gasteiger partial charge on any atom is -0.382 e. The highest BCUT2D eigenvalue weighted by Crippen LogP contribution is 2.02. The van der Waals surface area contributed by atoms with Crippen LogP contribution in [0, 0.1) is 0 Å². The van der Waals surface area contributed by atoms with Gasteiger partial charge in [-0.3, -0.25) is 4.84 Å². The maximum atomic E-state index is 5.30. The molecule has 0 spiro atoms. The van der Waals surface area contributed by atoms with Gasteiger partial charge in [-0.1, -0.05) is 0 Å². The van der Waals surface area contributed by atoms with Gasteiger partial charge < -0.3 is 4.74 Å². The second-order valence-corrected chi connectivity index (χ2v) is 3.66. The molecule has 0 unspecified atom stereocenters. The van der Waals surface area contributed by atoms with Crippen LogP contribution in [0.4, 0.5) is 0 Å². The topological polar surface area (TPSA) is 30.5 Å². The van der Waals surface area contributed by atoms with Crippen LogP contribution in [0.2, 0.25) is 0 Å². The first-order valence-corrected chi connectivity index (χ1v) is 4.55. The second kappa shape index (κ2) is 6.40. The van der Waals surface area contributed by atoms with Gasteiger partial charge in [0.15, 0.2) is 0 Å². The summed E-state index contributed by atoms with van der Waals surface area (Å²) in [5, 5.41) is 0. The maximum absolute atomic E-state index is 5.30. The lowest BCUT2D eigenvalue weighted by atomic mass is 10.2. The zero-order valence-electron chi connectivity index (χ0n) is 8.64. The number of hydrogen-bond acceptors (Lipinski definition) is 3. The van der Waals surface area contributed by atoms with Crippen LogP contribution in [0.15, 0.2) is 0 Å². The third-order valence-corrected chi connectivity index (χ3v) is 1.15. The van der Waals surface area contributed by atoms with Gasteiger partial charge in [-0.05, 0) is 34.1 Å². The Balaban J connectivity index is 3.01. The zero-order valence-corrected chi connectivity index (χ0v) is 8.64. The summed E-state index contributed by atoms with van der Waals surface area (Å²) in [6, 6.07) is 0. The highest BCUT2D eigenvalue weighted by molar-refractivity contribution is 4.56. The van der Waals surface area contributed by atoms with Crippen molar-refractivity contribution in [2.75, 3.05) is 19.8 Å². The number of hydrogen-bond donors (Lipinski definition) is 1. The van der Waals surface area contributed by atoms with Crippen LogP contribution in [0.25, 0.3) is 0 Å². The van der Waals surface area contributed by atoms with Gasteiger partial charge in [0.25, 0.3) is 0 Å². The lowest BCUT2D eigenvalue weighted by Crippen LogP contribution is -2.30. The quantitative estimate of drug-likeness (QED) is 0.492. The van der Waals surface area contributed by atoms with E-state index in [1.54, 1.807) is 0 Å². The standard InChI is InChI=1S/C9H21NO2/c1-5-11-8-6-7-10-12-9(2,3)4/h10H,5-8H2,1-4H3. The van der Waals surface area contributed by atoms with E-state index in [1.807, 2.05) is 27.7 Å². The van der Waals surface area contributed by atoms with Crippen molar-refractivity contribution in [3.05, 3.63) is 0 Å². The molecule has 0 aliphatic heterocycles. The van der Waals surface area contributed by atoms with E-state index < -0.39 is 0 Å². The largest absolute Gasteiger partial charge is 0.382 e. The minimum atomic E-state index is -0.106. The SMILES string of the molecule is CCOCCCNOC(C)(C)C. The summed E-state index contributed by atoms with van der Waals surface area (Å²) in [6.07, 6.45) is 0.990. The molecule has 0 aromatic rings. The Morgan fingerprint density at radius 2 is 1.92 bits per heavy atom. The van der Waals surface area contributed by atoms with Gasteiger partial charge >= 0.3 is 0 Å². The van der Waals surface area contributed by atoms with Crippen LogP contribution in [0.3, 0.4) is 0 Å². The highest BCUT2D eigenvalue weighted by atomic mass is 16.7. The number of nitrogens with one attached hydrogen (secondary N) is 1. The molecule has 0 saturated heterocycles. The predicted octanol–water partition coefficient (Wildman–Crippen LogP) is 1.73. The molecule has 12 heavy (non-hydrogen) atoms. The summed E-state index contributed by atoms with van der Waals surface area (Å²) in [5.74, 6) is 0. The predicted molar refractivity (Wildman–Crippen MR) is 50.0 cm³/mol. The fourth-order valence-electron chi connectivity index (χ4n) is 0.658. The van der Waals surface area contributed by atoms with Crippen molar-refractivity contribution in [3.63, 3.8) is 0 Å². The Morgan fingerprint density at radius 3 is 2.42 bits per heavy atom. The van der Waals surface area contributed by atoms with Crippen LogP contribution in [0.5, 0.6) is 0 Å². The van der Waals surface area contributed by atoms with Crippen molar-refractivity contribution in [3.8, 4) is 0 Å². The summed E-state index contributed by atoms with van der Waals surface area (Å²) in [6.45, 7) is 10.5. The van der Waals surface area contributed by atoms with Crippen LogP contribution >= 0.6 is 0 Å². The normalized spacial score (nSPS) is 12.0. The molecule has 0 aromatic carbocycles. The van der Waals surface area contributed by atoms with E-state index >= 15 is 0 Å². The lowest BCUT2D eigenvalue weighted by molar-refractivity contribution is -0.0740. The van der Waals surface area contributed by atoms with Gasteiger partial charge in [0, 0.05) is 19.8 Å². The third kappa shape index (κ3) is 9.88. The summed E-state index contributed by atoms with van der Waals surface area (Å²) >= 11 is 0. The Morgan fingerprint density at radius 1 is 1.25 bits per heavy atom. The molecular weight excluding hydrogens is 154 g/mol. The van der Waals surface area contributed by atoms with Gasteiger partial charge in [-0.2, -0.15) is 0 Å². The number of hydroxylamine groups is 1. The molecular formula is C9H21NO2. The molecule has 0 heterocycles. The van der Waals surface area contributed by atoms with Crippen molar-refractivity contribution in [1.82, 2.24) is 5.48 Å². The summed E-state index contributed by atoms with van der Waals surface area (Å²) in [4.78, 5) is 5.30. The monoisotopic (exact) mass is 175 g/mol. The molecule has 3 heteroatoms. The first-order chi connectivity index (χ1) is 5.56. The zero-order chi connectivity index (χ0) is 9.45. The van der Waals surface area contributed by atoms with Crippen molar-refractivity contribution in [2.24, 2.45) is 0 Å². The van der Waals surface area contributed by atoms with Crippen LogP contribution in [0.1, 0.15) is 34.1 Å². The number of ether oxygens (including phenoxy) is 1. The lowest BCUT2D eigenvalue weighted by Gasteiger charge is -2.19. The average Bonchev–Trinajstić information content (AvgIpc) is 1.94. The molecule has 0 atom stereocenters. The van der Waals surface area contributed by atoms with Crippen LogP contribution in [-0.2, 0) is 9.57 Å². The average molecular weight is 175 g/mol. The molecule has 0 saturated carbocycles. The molecule has 0 aromatic heterocycles. The number of rotatable bonds is 6. The summed E-state index contributed by atoms with van der Waals surface area (Å²) < 4.78 is 5.17. The summed E-state index contributed by atoms with van der Waals surface area (Å²) in [7, 11) is 0. The third-order valence-electron chi connectivity index (χ3n) is 1.15. The van der Waals surface area contributed by atoms with E-state index in [1.165, 1.54) is 0 Å². The fraction of sp³-hybridized carbons (Fsp3) is 1.00. The fourth-order valence-corrected chi connectivity index (χ4v) is 0.658. The van der Waals surface area contributed by atoms with E-state index in [0.29, 0.717) is 0 Å². The molecule has 74 valence electrons. The first-order valence-electron chi connectivity index (χ1n) is 4.55. The minimum absolute atomic E-state index is 0.106. The second-order valence-electron chi connectivity index (χ2n) is 3.66. The Bertz CT molecular complexity index is 99.2. The first kappa shape index (κ1) is 11.9. The molecule has 0 aliphatic carbocycles. The molecule has 3 nitrogen and oxygen atoms in total. The molecule has 0 fully saturated rings. The van der Waals surface area contributed by atoms with Crippen LogP contribution in [-0.4, -0.2) is 25.4 Å². The van der Waals surface area contributed by atoms with Crippen molar-refractivity contribution >= 4 is 0 Å². The molecule has 0 rings (SSSR count). The van der Waals surface area contributed by atoms with E-state index in [9.17, 15) is 0 Å². The Hall–Kier alpha value is -0.120. The van der Waals surface area contributed by atoms with Crippen molar-refractivity contribution in [1.29, 1.82) is 0 Å². The highest BCUT2D eigenvalue weighted by Gasteiger charge is 2.08. The van der Waals surface area contributed by atoms with Crippen LogP contribution < -0.4 is 5.48 Å². The Labute approximate surface area is 75.4 Å². The van der Waals surface area contributed by atoms with Gasteiger partial charge in [0.2, 0.25) is 0 Å². The van der Waals surface area contributed by atoms with E-state index in [4.69, 9.17) is 9.57 Å². The Kier molecular flexibility index (Phi) is 6.34. The molecule has 0 radical (unpaired) electrons. The molecule has 1 N–H and O–H groups in total.